The molecule has 2 amide bonds. The Bertz CT molecular complexity index is 947. The van der Waals surface area contributed by atoms with Crippen LogP contribution in [0.25, 0.3) is 0 Å². The first-order valence-corrected chi connectivity index (χ1v) is 8.81. The summed E-state index contributed by atoms with van der Waals surface area (Å²) in [5.74, 6) is -0.412. The minimum absolute atomic E-state index is 0.156. The van der Waals surface area contributed by atoms with E-state index in [9.17, 15) is 9.59 Å². The van der Waals surface area contributed by atoms with E-state index >= 15 is 0 Å². The van der Waals surface area contributed by atoms with Crippen LogP contribution in [-0.2, 0) is 6.54 Å². The van der Waals surface area contributed by atoms with E-state index in [-0.39, 0.29) is 17.9 Å². The Kier molecular flexibility index (Phi) is 4.65. The number of benzene rings is 2. The fourth-order valence-corrected chi connectivity index (χ4v) is 2.74. The molecule has 0 atom stereocenters. The average molecular weight is 361 g/mol. The van der Waals surface area contributed by atoms with Crippen LogP contribution < -0.4 is 10.6 Å². The number of amides is 2. The number of rotatable bonds is 6. The fourth-order valence-electron chi connectivity index (χ4n) is 2.74. The van der Waals surface area contributed by atoms with Crippen molar-refractivity contribution in [3.8, 4) is 0 Å². The molecule has 1 heterocycles. The van der Waals surface area contributed by atoms with Crippen LogP contribution in [0.4, 0.5) is 5.69 Å². The summed E-state index contributed by atoms with van der Waals surface area (Å²) in [6.45, 7) is 0.589. The third kappa shape index (κ3) is 4.20. The van der Waals surface area contributed by atoms with E-state index in [1.165, 1.54) is 6.33 Å². The second-order valence-corrected chi connectivity index (χ2v) is 6.54. The largest absolute Gasteiger partial charge is 0.349 e. The van der Waals surface area contributed by atoms with Crippen LogP contribution in [0.2, 0.25) is 0 Å². The van der Waals surface area contributed by atoms with Crippen LogP contribution >= 0.6 is 0 Å². The summed E-state index contributed by atoms with van der Waals surface area (Å²) in [7, 11) is 0. The van der Waals surface area contributed by atoms with Crippen molar-refractivity contribution in [3.05, 3.63) is 77.9 Å². The summed E-state index contributed by atoms with van der Waals surface area (Å²) in [6, 6.07) is 14.6. The molecule has 1 fully saturated rings. The number of carbonyl (C=O) groups is 2. The monoisotopic (exact) mass is 361 g/mol. The van der Waals surface area contributed by atoms with Gasteiger partial charge < -0.3 is 10.6 Å². The highest BCUT2D eigenvalue weighted by atomic mass is 16.2. The van der Waals surface area contributed by atoms with Gasteiger partial charge in [0.2, 0.25) is 0 Å². The molecule has 4 rings (SSSR count). The first-order chi connectivity index (χ1) is 13.2. The number of nitrogens with one attached hydrogen (secondary N) is 2. The van der Waals surface area contributed by atoms with Gasteiger partial charge in [0.1, 0.15) is 12.7 Å². The molecule has 2 aromatic carbocycles. The number of hydrogen-bond donors (Lipinski definition) is 2. The van der Waals surface area contributed by atoms with E-state index in [4.69, 9.17) is 0 Å². The molecule has 7 heteroatoms. The van der Waals surface area contributed by atoms with Crippen molar-refractivity contribution in [3.63, 3.8) is 0 Å². The number of carbonyl (C=O) groups excluding carboxylic acids is 2. The Morgan fingerprint density at radius 1 is 1.04 bits per heavy atom. The highest BCUT2D eigenvalue weighted by Crippen LogP contribution is 2.22. The Labute approximate surface area is 156 Å². The smallest absolute Gasteiger partial charge is 0.255 e. The lowest BCUT2D eigenvalue weighted by Gasteiger charge is -2.11. The van der Waals surface area contributed by atoms with Crippen molar-refractivity contribution in [2.75, 3.05) is 5.32 Å². The van der Waals surface area contributed by atoms with Gasteiger partial charge in [0.05, 0.1) is 17.8 Å². The van der Waals surface area contributed by atoms with Crippen LogP contribution in [0.15, 0.2) is 61.2 Å². The third-order valence-corrected chi connectivity index (χ3v) is 4.36. The predicted molar refractivity (Wildman–Crippen MR) is 100 cm³/mol. The molecule has 0 radical (unpaired) electrons. The second-order valence-electron chi connectivity index (χ2n) is 6.54. The molecule has 27 heavy (non-hydrogen) atoms. The maximum Gasteiger partial charge on any atom is 0.255 e. The van der Waals surface area contributed by atoms with E-state index in [0.29, 0.717) is 23.4 Å². The fraction of sp³-hybridized carbons (Fsp3) is 0.200. The van der Waals surface area contributed by atoms with Crippen LogP contribution in [0.1, 0.15) is 39.1 Å². The summed E-state index contributed by atoms with van der Waals surface area (Å²) >= 11 is 0. The quantitative estimate of drug-likeness (QED) is 0.706. The topological polar surface area (TPSA) is 88.9 Å². The zero-order valence-electron chi connectivity index (χ0n) is 14.6. The zero-order valence-corrected chi connectivity index (χ0v) is 14.6. The Hall–Kier alpha value is -3.48. The highest BCUT2D eigenvalue weighted by molar-refractivity contribution is 6.09. The van der Waals surface area contributed by atoms with Crippen LogP contribution in [0.3, 0.4) is 0 Å². The van der Waals surface area contributed by atoms with Crippen molar-refractivity contribution < 1.29 is 9.59 Å². The van der Waals surface area contributed by atoms with Gasteiger partial charge in [-0.3, -0.25) is 9.59 Å². The van der Waals surface area contributed by atoms with Crippen molar-refractivity contribution in [1.29, 1.82) is 0 Å². The molecule has 7 nitrogen and oxygen atoms in total. The van der Waals surface area contributed by atoms with E-state index < -0.39 is 0 Å². The van der Waals surface area contributed by atoms with E-state index in [0.717, 1.165) is 18.4 Å². The molecule has 0 aliphatic heterocycles. The van der Waals surface area contributed by atoms with Crippen LogP contribution in [0.5, 0.6) is 0 Å². The summed E-state index contributed by atoms with van der Waals surface area (Å²) in [5.41, 5.74) is 2.52. The van der Waals surface area contributed by atoms with Gasteiger partial charge in [-0.25, -0.2) is 9.67 Å². The van der Waals surface area contributed by atoms with E-state index in [1.807, 2.05) is 12.1 Å². The molecule has 2 N–H and O–H groups in total. The summed E-state index contributed by atoms with van der Waals surface area (Å²) in [4.78, 5) is 28.8. The zero-order chi connectivity index (χ0) is 18.6. The SMILES string of the molecule is O=C(Nc1ccccc1C(=O)NC1CC1)c1ccc(Cn2cncn2)cc1. The number of anilines is 1. The highest BCUT2D eigenvalue weighted by Gasteiger charge is 2.25. The number of hydrogen-bond acceptors (Lipinski definition) is 4. The Balaban J connectivity index is 1.45. The lowest BCUT2D eigenvalue weighted by Crippen LogP contribution is -2.27. The van der Waals surface area contributed by atoms with Crippen molar-refractivity contribution in [1.82, 2.24) is 20.1 Å². The van der Waals surface area contributed by atoms with Gasteiger partial charge in [0.25, 0.3) is 11.8 Å². The maximum absolute atomic E-state index is 12.6. The molecular formula is C20H19N5O2. The molecule has 1 saturated carbocycles. The summed E-state index contributed by atoms with van der Waals surface area (Å²) in [5, 5.41) is 9.85. The van der Waals surface area contributed by atoms with E-state index in [2.05, 4.69) is 20.7 Å². The molecule has 0 spiro atoms. The first-order valence-electron chi connectivity index (χ1n) is 8.81. The minimum Gasteiger partial charge on any atom is -0.349 e. The predicted octanol–water partition coefficient (Wildman–Crippen LogP) is 2.47. The molecule has 1 aromatic heterocycles. The Morgan fingerprint density at radius 2 is 1.81 bits per heavy atom. The molecule has 136 valence electrons. The van der Waals surface area contributed by atoms with Crippen molar-refractivity contribution in [2.45, 2.75) is 25.4 Å². The third-order valence-electron chi connectivity index (χ3n) is 4.36. The van der Waals surface area contributed by atoms with Gasteiger partial charge in [-0.15, -0.1) is 0 Å². The Morgan fingerprint density at radius 3 is 2.52 bits per heavy atom. The lowest BCUT2D eigenvalue weighted by atomic mass is 10.1. The molecule has 1 aliphatic carbocycles. The number of nitrogens with zero attached hydrogens (tertiary/aromatic N) is 3. The molecule has 0 saturated heterocycles. The van der Waals surface area contributed by atoms with Crippen LogP contribution in [0, 0.1) is 0 Å². The maximum atomic E-state index is 12.6. The standard InChI is InChI=1S/C20H19N5O2/c26-19(15-7-5-14(6-8-15)11-25-13-21-12-22-25)24-18-4-2-1-3-17(18)20(27)23-16-9-10-16/h1-8,12-13,16H,9-11H2,(H,23,27)(H,24,26). The van der Waals surface area contributed by atoms with Crippen molar-refractivity contribution >= 4 is 17.5 Å². The lowest BCUT2D eigenvalue weighted by molar-refractivity contribution is 0.0952. The normalized spacial score (nSPS) is 13.2. The first kappa shape index (κ1) is 17.0. The number of para-hydroxylation sites is 1. The van der Waals surface area contributed by atoms with Gasteiger partial charge in [0, 0.05) is 11.6 Å². The molecule has 0 bridgehead atoms. The van der Waals surface area contributed by atoms with Gasteiger partial charge in [-0.1, -0.05) is 24.3 Å². The molecule has 1 aliphatic rings. The average Bonchev–Trinajstić information content (AvgIpc) is 3.35. The van der Waals surface area contributed by atoms with Crippen molar-refractivity contribution in [2.24, 2.45) is 0 Å². The van der Waals surface area contributed by atoms with Gasteiger partial charge in [0.15, 0.2) is 0 Å². The molecule has 3 aromatic rings. The van der Waals surface area contributed by atoms with Crippen LogP contribution in [-0.4, -0.2) is 32.6 Å². The minimum atomic E-state index is -0.256. The van der Waals surface area contributed by atoms with Gasteiger partial charge >= 0.3 is 0 Å². The van der Waals surface area contributed by atoms with Gasteiger partial charge in [-0.05, 0) is 42.7 Å². The second kappa shape index (κ2) is 7.41. The molecule has 0 unspecified atom stereocenters. The summed E-state index contributed by atoms with van der Waals surface area (Å²) in [6.07, 6.45) is 5.16. The molecular weight excluding hydrogens is 342 g/mol. The van der Waals surface area contributed by atoms with Gasteiger partial charge in [-0.2, -0.15) is 5.10 Å². The summed E-state index contributed by atoms with van der Waals surface area (Å²) < 4.78 is 1.71. The number of aromatic nitrogens is 3. The van der Waals surface area contributed by atoms with E-state index in [1.54, 1.807) is 47.4 Å².